The lowest BCUT2D eigenvalue weighted by atomic mass is 9.90. The summed E-state index contributed by atoms with van der Waals surface area (Å²) in [5.74, 6) is 5.82. The van der Waals surface area contributed by atoms with Crippen LogP contribution in [0.1, 0.15) is 45.5 Å². The van der Waals surface area contributed by atoms with Crippen molar-refractivity contribution in [3.8, 4) is 11.5 Å². The van der Waals surface area contributed by atoms with Gasteiger partial charge in [0.15, 0.2) is 5.75 Å². The smallest absolute Gasteiger partial charge is 0.335 e. The van der Waals surface area contributed by atoms with Gasteiger partial charge in [0.1, 0.15) is 5.75 Å². The van der Waals surface area contributed by atoms with E-state index in [1.807, 2.05) is 38.1 Å². The van der Waals surface area contributed by atoms with Gasteiger partial charge in [0, 0.05) is 0 Å². The number of methoxy groups -OCH3 is 1. The quantitative estimate of drug-likeness (QED) is 0.828. The van der Waals surface area contributed by atoms with Crippen molar-refractivity contribution in [2.24, 2.45) is 5.90 Å². The molecule has 0 amide bonds. The standard InChI is InChI=1S/C11H12O2.C9H13NO2/c12-11(13)10-6-5-8-3-1-2-4-9(8)7-10;1-6-4-8(11-3)5-7(2)9(6)12-10/h5-7H,1-4H2,(H,12,13);4-5H,10H2,1-3H3. The van der Waals surface area contributed by atoms with Crippen molar-refractivity contribution in [2.75, 3.05) is 7.11 Å². The lowest BCUT2D eigenvalue weighted by molar-refractivity contribution is 0.0696. The Morgan fingerprint density at radius 2 is 1.64 bits per heavy atom. The van der Waals surface area contributed by atoms with Crippen LogP contribution in [0.5, 0.6) is 11.5 Å². The minimum absolute atomic E-state index is 0.417. The zero-order valence-electron chi connectivity index (χ0n) is 15.0. The lowest BCUT2D eigenvalue weighted by Crippen LogP contribution is -2.05. The molecule has 1 aliphatic rings. The lowest BCUT2D eigenvalue weighted by Gasteiger charge is -2.15. The molecule has 134 valence electrons. The van der Waals surface area contributed by atoms with Gasteiger partial charge in [-0.3, -0.25) is 0 Å². The number of benzene rings is 2. The highest BCUT2D eigenvalue weighted by Gasteiger charge is 2.11. The molecular formula is C20H25NO4. The van der Waals surface area contributed by atoms with Crippen LogP contribution in [0.3, 0.4) is 0 Å². The van der Waals surface area contributed by atoms with E-state index in [0.29, 0.717) is 5.56 Å². The second-order valence-corrected chi connectivity index (χ2v) is 6.20. The Balaban J connectivity index is 0.000000181. The molecule has 3 N–H and O–H groups in total. The molecule has 0 fully saturated rings. The summed E-state index contributed by atoms with van der Waals surface area (Å²) in [5.41, 5.74) is 4.94. The molecule has 0 aromatic heterocycles. The third kappa shape index (κ3) is 4.73. The maximum absolute atomic E-state index is 10.7. The summed E-state index contributed by atoms with van der Waals surface area (Å²) in [7, 11) is 1.64. The molecule has 1 aliphatic carbocycles. The van der Waals surface area contributed by atoms with Gasteiger partial charge in [0.25, 0.3) is 0 Å². The van der Waals surface area contributed by atoms with Crippen LogP contribution in [0.25, 0.3) is 0 Å². The zero-order chi connectivity index (χ0) is 18.4. The molecule has 0 unspecified atom stereocenters. The van der Waals surface area contributed by atoms with Crippen LogP contribution in [0.4, 0.5) is 0 Å². The summed E-state index contributed by atoms with van der Waals surface area (Å²) < 4.78 is 5.08. The van der Waals surface area contributed by atoms with E-state index in [-0.39, 0.29) is 0 Å². The van der Waals surface area contributed by atoms with Crippen molar-refractivity contribution in [2.45, 2.75) is 39.5 Å². The van der Waals surface area contributed by atoms with E-state index in [4.69, 9.17) is 20.6 Å². The van der Waals surface area contributed by atoms with Crippen molar-refractivity contribution in [3.63, 3.8) is 0 Å². The van der Waals surface area contributed by atoms with Crippen LogP contribution in [-0.2, 0) is 12.8 Å². The fraction of sp³-hybridized carbons (Fsp3) is 0.350. The number of hydrogen-bond donors (Lipinski definition) is 2. The number of carbonyl (C=O) groups is 1. The molecule has 0 spiro atoms. The number of carboxylic acid groups (broad SMARTS) is 1. The molecule has 5 nitrogen and oxygen atoms in total. The zero-order valence-corrected chi connectivity index (χ0v) is 15.0. The van der Waals surface area contributed by atoms with Crippen LogP contribution in [0.2, 0.25) is 0 Å². The van der Waals surface area contributed by atoms with Crippen LogP contribution < -0.4 is 15.5 Å². The minimum Gasteiger partial charge on any atom is -0.497 e. The SMILES string of the molecule is COc1cc(C)c(ON)c(C)c1.O=C(O)c1ccc2c(c1)CCCC2. The molecule has 0 heterocycles. The van der Waals surface area contributed by atoms with Gasteiger partial charge in [-0.2, -0.15) is 5.90 Å². The summed E-state index contributed by atoms with van der Waals surface area (Å²) in [5, 5.41) is 8.79. The van der Waals surface area contributed by atoms with E-state index in [2.05, 4.69) is 0 Å². The van der Waals surface area contributed by atoms with Crippen molar-refractivity contribution >= 4 is 5.97 Å². The Labute approximate surface area is 148 Å². The van der Waals surface area contributed by atoms with Gasteiger partial charge in [-0.05, 0) is 86.1 Å². The van der Waals surface area contributed by atoms with Gasteiger partial charge >= 0.3 is 5.97 Å². The molecule has 2 aromatic rings. The van der Waals surface area contributed by atoms with Crippen LogP contribution >= 0.6 is 0 Å². The van der Waals surface area contributed by atoms with E-state index in [1.54, 1.807) is 13.2 Å². The molecule has 0 saturated heterocycles. The van der Waals surface area contributed by atoms with Gasteiger partial charge in [-0.1, -0.05) is 6.07 Å². The predicted octanol–water partition coefficient (Wildman–Crippen LogP) is 3.83. The van der Waals surface area contributed by atoms with Gasteiger partial charge in [0.2, 0.25) is 0 Å². The largest absolute Gasteiger partial charge is 0.497 e. The average molecular weight is 343 g/mol. The number of hydrogen-bond acceptors (Lipinski definition) is 4. The van der Waals surface area contributed by atoms with E-state index >= 15 is 0 Å². The van der Waals surface area contributed by atoms with Gasteiger partial charge in [-0.15, -0.1) is 0 Å². The van der Waals surface area contributed by atoms with E-state index in [0.717, 1.165) is 35.5 Å². The summed E-state index contributed by atoms with van der Waals surface area (Å²) in [4.78, 5) is 15.4. The van der Waals surface area contributed by atoms with Crippen LogP contribution in [0, 0.1) is 13.8 Å². The molecule has 5 heteroatoms. The molecule has 3 rings (SSSR count). The first-order valence-electron chi connectivity index (χ1n) is 8.33. The number of ether oxygens (including phenoxy) is 1. The Morgan fingerprint density at radius 1 is 1.04 bits per heavy atom. The molecule has 25 heavy (non-hydrogen) atoms. The summed E-state index contributed by atoms with van der Waals surface area (Å²) in [6.45, 7) is 3.86. The number of carboxylic acids is 1. The Kier molecular flexibility index (Phi) is 6.42. The second kappa shape index (κ2) is 8.53. The first-order chi connectivity index (χ1) is 12.0. The van der Waals surface area contributed by atoms with Gasteiger partial charge in [-0.25, -0.2) is 4.79 Å². The van der Waals surface area contributed by atoms with Gasteiger partial charge < -0.3 is 14.7 Å². The van der Waals surface area contributed by atoms with Crippen molar-refractivity contribution in [1.29, 1.82) is 0 Å². The highest BCUT2D eigenvalue weighted by Crippen LogP contribution is 2.27. The third-order valence-corrected chi connectivity index (χ3v) is 4.38. The highest BCUT2D eigenvalue weighted by molar-refractivity contribution is 5.87. The van der Waals surface area contributed by atoms with Crippen molar-refractivity contribution in [3.05, 3.63) is 58.1 Å². The first-order valence-corrected chi connectivity index (χ1v) is 8.33. The number of aromatic carboxylic acids is 1. The monoisotopic (exact) mass is 343 g/mol. The van der Waals surface area contributed by atoms with E-state index in [9.17, 15) is 4.79 Å². The van der Waals surface area contributed by atoms with Crippen molar-refractivity contribution < 1.29 is 19.5 Å². The number of nitrogens with two attached hydrogens (primary N) is 1. The van der Waals surface area contributed by atoms with Crippen molar-refractivity contribution in [1.82, 2.24) is 0 Å². The molecule has 0 aliphatic heterocycles. The summed E-state index contributed by atoms with van der Waals surface area (Å²) in [6.07, 6.45) is 4.57. The topological polar surface area (TPSA) is 81.8 Å². The minimum atomic E-state index is -0.826. The predicted molar refractivity (Wildman–Crippen MR) is 97.3 cm³/mol. The summed E-state index contributed by atoms with van der Waals surface area (Å²) >= 11 is 0. The van der Waals surface area contributed by atoms with Crippen LogP contribution in [-0.4, -0.2) is 18.2 Å². The molecule has 0 saturated carbocycles. The maximum atomic E-state index is 10.7. The molecule has 0 bridgehead atoms. The fourth-order valence-corrected chi connectivity index (χ4v) is 3.08. The molecule has 0 radical (unpaired) electrons. The Hall–Kier alpha value is -2.53. The summed E-state index contributed by atoms with van der Waals surface area (Å²) in [6, 6.07) is 9.24. The maximum Gasteiger partial charge on any atom is 0.335 e. The normalized spacial score (nSPS) is 12.5. The molecule has 2 aromatic carbocycles. The van der Waals surface area contributed by atoms with Crippen LogP contribution in [0.15, 0.2) is 30.3 Å². The third-order valence-electron chi connectivity index (χ3n) is 4.38. The van der Waals surface area contributed by atoms with E-state index < -0.39 is 5.97 Å². The molecular weight excluding hydrogens is 318 g/mol. The number of aryl methyl sites for hydroxylation is 4. The first kappa shape index (κ1) is 18.8. The highest BCUT2D eigenvalue weighted by atomic mass is 16.6. The van der Waals surface area contributed by atoms with Gasteiger partial charge in [0.05, 0.1) is 12.7 Å². The van der Waals surface area contributed by atoms with E-state index in [1.165, 1.54) is 24.0 Å². The Bertz CT molecular complexity index is 732. The number of rotatable bonds is 3. The Morgan fingerprint density at radius 3 is 2.16 bits per heavy atom. The second-order valence-electron chi connectivity index (χ2n) is 6.20. The number of fused-ring (bicyclic) bond motifs is 1. The average Bonchev–Trinajstić information content (AvgIpc) is 2.61. The molecule has 0 atom stereocenters. The fourth-order valence-electron chi connectivity index (χ4n) is 3.08.